The Hall–Kier alpha value is -3.09. The van der Waals surface area contributed by atoms with Crippen molar-refractivity contribution in [2.24, 2.45) is 5.16 Å². The summed E-state index contributed by atoms with van der Waals surface area (Å²) >= 11 is 0. The Balaban J connectivity index is 1.91. The van der Waals surface area contributed by atoms with Crippen LogP contribution in [0.2, 0.25) is 0 Å². The quantitative estimate of drug-likeness (QED) is 0.625. The first-order chi connectivity index (χ1) is 11.7. The zero-order valence-electron chi connectivity index (χ0n) is 13.3. The van der Waals surface area contributed by atoms with Crippen molar-refractivity contribution in [1.82, 2.24) is 0 Å². The molecule has 0 saturated heterocycles. The highest BCUT2D eigenvalue weighted by Crippen LogP contribution is 2.29. The summed E-state index contributed by atoms with van der Waals surface area (Å²) in [6.45, 7) is -0.350. The summed E-state index contributed by atoms with van der Waals surface area (Å²) in [6, 6.07) is 11.1. The summed E-state index contributed by atoms with van der Waals surface area (Å²) < 4.78 is 23.8. The summed E-state index contributed by atoms with van der Waals surface area (Å²) in [5.74, 6) is 0.0206. The van der Waals surface area contributed by atoms with E-state index in [9.17, 15) is 9.18 Å². The molecule has 0 heterocycles. The molecule has 0 radical (unpaired) electrons. The first kappa shape index (κ1) is 17.3. The predicted molar refractivity (Wildman–Crippen MR) is 88.1 cm³/mol. The second kappa shape index (κ2) is 8.52. The van der Waals surface area contributed by atoms with Crippen molar-refractivity contribution < 1.29 is 23.5 Å². The standard InChI is InChI=1S/C17H17FN2O4/c1-22-15-9-5-6-12(17(15)23-2)10-19-24-11-16(21)20-14-8-4-3-7-13(14)18/h3-10H,11H2,1-2H3,(H,20,21)/b19-10-. The average Bonchev–Trinajstić information content (AvgIpc) is 2.60. The molecule has 7 heteroatoms. The second-order valence-electron chi connectivity index (χ2n) is 4.62. The molecule has 24 heavy (non-hydrogen) atoms. The zero-order chi connectivity index (χ0) is 17.4. The molecule has 0 atom stereocenters. The van der Waals surface area contributed by atoms with Gasteiger partial charge in [0.15, 0.2) is 18.1 Å². The molecule has 6 nitrogen and oxygen atoms in total. The highest BCUT2D eigenvalue weighted by molar-refractivity contribution is 5.92. The lowest BCUT2D eigenvalue weighted by Gasteiger charge is -2.09. The normalized spacial score (nSPS) is 10.5. The number of halogens is 1. The minimum absolute atomic E-state index is 0.0875. The summed E-state index contributed by atoms with van der Waals surface area (Å²) in [5.41, 5.74) is 0.718. The maximum absolute atomic E-state index is 13.4. The molecule has 2 aromatic carbocycles. The SMILES string of the molecule is COc1cccc(/C=N\OCC(=O)Nc2ccccc2F)c1OC. The molecular weight excluding hydrogens is 315 g/mol. The lowest BCUT2D eigenvalue weighted by atomic mass is 10.2. The van der Waals surface area contributed by atoms with Crippen molar-refractivity contribution in [2.45, 2.75) is 0 Å². The number of carbonyl (C=O) groups is 1. The topological polar surface area (TPSA) is 69.2 Å². The van der Waals surface area contributed by atoms with Crippen LogP contribution in [0.5, 0.6) is 11.5 Å². The van der Waals surface area contributed by atoms with E-state index in [1.165, 1.54) is 38.6 Å². The third-order valence-corrected chi connectivity index (χ3v) is 3.04. The summed E-state index contributed by atoms with van der Waals surface area (Å²) in [4.78, 5) is 16.6. The number of methoxy groups -OCH3 is 2. The van der Waals surface area contributed by atoms with E-state index in [0.717, 1.165) is 0 Å². The van der Waals surface area contributed by atoms with Crippen molar-refractivity contribution in [3.63, 3.8) is 0 Å². The van der Waals surface area contributed by atoms with Crippen LogP contribution in [0.15, 0.2) is 47.6 Å². The van der Waals surface area contributed by atoms with E-state index in [1.54, 1.807) is 24.3 Å². The molecule has 1 amide bonds. The molecule has 0 bridgehead atoms. The summed E-state index contributed by atoms with van der Waals surface area (Å²) in [7, 11) is 3.04. The van der Waals surface area contributed by atoms with Gasteiger partial charge in [0.25, 0.3) is 5.91 Å². The van der Waals surface area contributed by atoms with Crippen molar-refractivity contribution in [1.29, 1.82) is 0 Å². The Labute approximate surface area is 138 Å². The number of hydrogen-bond donors (Lipinski definition) is 1. The van der Waals surface area contributed by atoms with E-state index in [2.05, 4.69) is 10.5 Å². The van der Waals surface area contributed by atoms with Crippen LogP contribution in [0.25, 0.3) is 0 Å². The van der Waals surface area contributed by atoms with Crippen LogP contribution in [-0.2, 0) is 9.63 Å². The van der Waals surface area contributed by atoms with Crippen LogP contribution < -0.4 is 14.8 Å². The summed E-state index contributed by atoms with van der Waals surface area (Å²) in [6.07, 6.45) is 1.40. The van der Waals surface area contributed by atoms with Crippen LogP contribution in [0, 0.1) is 5.82 Å². The minimum Gasteiger partial charge on any atom is -0.493 e. The fourth-order valence-electron chi connectivity index (χ4n) is 1.95. The Kier molecular flexibility index (Phi) is 6.13. The van der Waals surface area contributed by atoms with Gasteiger partial charge in [0.1, 0.15) is 5.82 Å². The van der Waals surface area contributed by atoms with Gasteiger partial charge in [-0.1, -0.05) is 23.4 Å². The fraction of sp³-hybridized carbons (Fsp3) is 0.176. The number of oxime groups is 1. The highest BCUT2D eigenvalue weighted by atomic mass is 19.1. The number of nitrogens with zero attached hydrogens (tertiary/aromatic N) is 1. The van der Waals surface area contributed by atoms with Crippen LogP contribution in [-0.4, -0.2) is 32.9 Å². The molecule has 1 N–H and O–H groups in total. The Morgan fingerprint density at radius 3 is 2.67 bits per heavy atom. The van der Waals surface area contributed by atoms with Crippen LogP contribution in [0.1, 0.15) is 5.56 Å². The number of amides is 1. The predicted octanol–water partition coefficient (Wildman–Crippen LogP) is 2.83. The summed E-state index contributed by atoms with van der Waals surface area (Å²) in [5, 5.41) is 6.11. The van der Waals surface area contributed by atoms with Gasteiger partial charge in [0.05, 0.1) is 26.1 Å². The fourth-order valence-corrected chi connectivity index (χ4v) is 1.95. The molecular formula is C17H17FN2O4. The molecule has 0 aliphatic heterocycles. The van der Waals surface area contributed by atoms with Gasteiger partial charge >= 0.3 is 0 Å². The number of para-hydroxylation sites is 2. The monoisotopic (exact) mass is 332 g/mol. The van der Waals surface area contributed by atoms with E-state index >= 15 is 0 Å². The maximum atomic E-state index is 13.4. The van der Waals surface area contributed by atoms with Gasteiger partial charge in [0.2, 0.25) is 0 Å². The van der Waals surface area contributed by atoms with Crippen molar-refractivity contribution in [3.8, 4) is 11.5 Å². The zero-order valence-corrected chi connectivity index (χ0v) is 13.3. The van der Waals surface area contributed by atoms with Crippen LogP contribution in [0.3, 0.4) is 0 Å². The van der Waals surface area contributed by atoms with Crippen molar-refractivity contribution >= 4 is 17.8 Å². The Morgan fingerprint density at radius 1 is 1.17 bits per heavy atom. The second-order valence-corrected chi connectivity index (χ2v) is 4.62. The number of anilines is 1. The molecule has 0 aliphatic carbocycles. The van der Waals surface area contributed by atoms with Gasteiger partial charge < -0.3 is 19.6 Å². The average molecular weight is 332 g/mol. The molecule has 2 aromatic rings. The van der Waals surface area contributed by atoms with Crippen LogP contribution in [0.4, 0.5) is 10.1 Å². The first-order valence-electron chi connectivity index (χ1n) is 7.06. The molecule has 0 fully saturated rings. The molecule has 126 valence electrons. The van der Waals surface area contributed by atoms with Gasteiger partial charge in [-0.25, -0.2) is 4.39 Å². The maximum Gasteiger partial charge on any atom is 0.265 e. The van der Waals surface area contributed by atoms with Gasteiger partial charge in [-0.3, -0.25) is 4.79 Å². The number of hydrogen-bond acceptors (Lipinski definition) is 5. The molecule has 0 aromatic heterocycles. The Morgan fingerprint density at radius 2 is 1.96 bits per heavy atom. The highest BCUT2D eigenvalue weighted by Gasteiger charge is 2.08. The van der Waals surface area contributed by atoms with E-state index < -0.39 is 11.7 Å². The smallest absolute Gasteiger partial charge is 0.265 e. The van der Waals surface area contributed by atoms with Gasteiger partial charge in [-0.2, -0.15) is 0 Å². The minimum atomic E-state index is -0.519. The number of nitrogens with one attached hydrogen (secondary N) is 1. The first-order valence-corrected chi connectivity index (χ1v) is 7.06. The lowest BCUT2D eigenvalue weighted by Crippen LogP contribution is -2.17. The molecule has 0 saturated carbocycles. The van der Waals surface area contributed by atoms with Crippen LogP contribution >= 0.6 is 0 Å². The van der Waals surface area contributed by atoms with E-state index in [4.69, 9.17) is 14.3 Å². The van der Waals surface area contributed by atoms with Gasteiger partial charge in [-0.05, 0) is 24.3 Å². The number of ether oxygens (including phenoxy) is 2. The van der Waals surface area contributed by atoms with Crippen molar-refractivity contribution in [2.75, 3.05) is 26.1 Å². The molecule has 0 spiro atoms. The molecule has 0 unspecified atom stereocenters. The van der Waals surface area contributed by atoms with E-state index in [1.807, 2.05) is 0 Å². The molecule has 0 aliphatic rings. The third kappa shape index (κ3) is 4.45. The van der Waals surface area contributed by atoms with Gasteiger partial charge in [0, 0.05) is 5.56 Å². The number of carbonyl (C=O) groups excluding carboxylic acids is 1. The van der Waals surface area contributed by atoms with E-state index in [0.29, 0.717) is 17.1 Å². The lowest BCUT2D eigenvalue weighted by molar-refractivity contribution is -0.120. The Bertz CT molecular complexity index is 734. The third-order valence-electron chi connectivity index (χ3n) is 3.04. The molecule has 2 rings (SSSR count). The largest absolute Gasteiger partial charge is 0.493 e. The van der Waals surface area contributed by atoms with Gasteiger partial charge in [-0.15, -0.1) is 0 Å². The van der Waals surface area contributed by atoms with Crippen molar-refractivity contribution in [3.05, 3.63) is 53.8 Å². The van der Waals surface area contributed by atoms with E-state index in [-0.39, 0.29) is 12.3 Å². The number of benzene rings is 2. The number of rotatable bonds is 7.